The molecule has 2 aromatic heterocycles. The van der Waals surface area contributed by atoms with E-state index in [0.717, 1.165) is 18.2 Å². The number of benzene rings is 2. The summed E-state index contributed by atoms with van der Waals surface area (Å²) in [6.45, 7) is 1.43. The summed E-state index contributed by atoms with van der Waals surface area (Å²) >= 11 is 0. The third-order valence-electron chi connectivity index (χ3n) is 4.97. The van der Waals surface area contributed by atoms with Crippen LogP contribution in [0.25, 0.3) is 10.8 Å². The summed E-state index contributed by atoms with van der Waals surface area (Å²) in [5, 5.41) is 12.6. The van der Waals surface area contributed by atoms with Gasteiger partial charge in [0.25, 0.3) is 11.5 Å². The Morgan fingerprint density at radius 3 is 2.65 bits per heavy atom. The number of oxazole rings is 1. The SMILES string of the molecule is Cc1c(C(=O)N[C@@H](O)c2ccc(F)cc2)c2cccc(F)c2c(=O)n1Cc1ncco1. The van der Waals surface area contributed by atoms with Crippen molar-refractivity contribution in [2.75, 3.05) is 0 Å². The highest BCUT2D eigenvalue weighted by Crippen LogP contribution is 2.23. The summed E-state index contributed by atoms with van der Waals surface area (Å²) in [4.78, 5) is 30.0. The molecule has 0 saturated heterocycles. The first-order valence-corrected chi connectivity index (χ1v) is 9.31. The number of nitrogens with zero attached hydrogens (tertiary/aromatic N) is 2. The van der Waals surface area contributed by atoms with Crippen LogP contribution in [-0.4, -0.2) is 20.6 Å². The first-order valence-electron chi connectivity index (χ1n) is 9.31. The second-order valence-corrected chi connectivity index (χ2v) is 6.87. The van der Waals surface area contributed by atoms with E-state index in [0.29, 0.717) is 0 Å². The summed E-state index contributed by atoms with van der Waals surface area (Å²) in [5.41, 5.74) is -0.123. The lowest BCUT2D eigenvalue weighted by atomic mass is 10.0. The number of nitrogens with one attached hydrogen (secondary N) is 1. The van der Waals surface area contributed by atoms with Gasteiger partial charge in [-0.25, -0.2) is 13.8 Å². The minimum absolute atomic E-state index is 0.0156. The zero-order chi connectivity index (χ0) is 22.1. The van der Waals surface area contributed by atoms with Gasteiger partial charge in [-0.3, -0.25) is 9.59 Å². The lowest BCUT2D eigenvalue weighted by Crippen LogP contribution is -2.33. The molecular weight excluding hydrogens is 408 g/mol. The molecule has 0 radical (unpaired) electrons. The van der Waals surface area contributed by atoms with Crippen molar-refractivity contribution in [3.05, 3.63) is 99.6 Å². The Kier molecular flexibility index (Phi) is 5.35. The minimum atomic E-state index is -1.44. The van der Waals surface area contributed by atoms with Crippen molar-refractivity contribution in [1.29, 1.82) is 0 Å². The monoisotopic (exact) mass is 425 g/mol. The van der Waals surface area contributed by atoms with E-state index in [2.05, 4.69) is 10.3 Å². The van der Waals surface area contributed by atoms with E-state index in [4.69, 9.17) is 4.42 Å². The molecular formula is C22H17F2N3O4. The number of aliphatic hydroxyl groups excluding tert-OH is 1. The third kappa shape index (κ3) is 3.82. The molecule has 2 N–H and O–H groups in total. The zero-order valence-corrected chi connectivity index (χ0v) is 16.3. The molecule has 0 unspecified atom stereocenters. The molecule has 158 valence electrons. The quantitative estimate of drug-likeness (QED) is 0.479. The molecule has 0 spiro atoms. The molecule has 9 heteroatoms. The van der Waals surface area contributed by atoms with Gasteiger partial charge in [0.1, 0.15) is 24.4 Å². The van der Waals surface area contributed by atoms with Crippen LogP contribution >= 0.6 is 0 Å². The van der Waals surface area contributed by atoms with E-state index in [1.165, 1.54) is 48.2 Å². The molecule has 0 bridgehead atoms. The number of carbonyl (C=O) groups is 1. The Hall–Kier alpha value is -3.85. The average Bonchev–Trinajstić information content (AvgIpc) is 3.25. The summed E-state index contributed by atoms with van der Waals surface area (Å²) in [6, 6.07) is 8.94. The third-order valence-corrected chi connectivity index (χ3v) is 4.97. The molecule has 0 saturated carbocycles. The highest BCUT2D eigenvalue weighted by molar-refractivity contribution is 6.08. The maximum Gasteiger partial charge on any atom is 0.262 e. The van der Waals surface area contributed by atoms with Crippen LogP contribution in [-0.2, 0) is 6.54 Å². The largest absolute Gasteiger partial charge is 0.447 e. The van der Waals surface area contributed by atoms with Gasteiger partial charge in [0.2, 0.25) is 5.89 Å². The van der Waals surface area contributed by atoms with Gasteiger partial charge in [0.05, 0.1) is 17.1 Å². The van der Waals surface area contributed by atoms with Crippen molar-refractivity contribution in [2.24, 2.45) is 0 Å². The van der Waals surface area contributed by atoms with Crippen LogP contribution in [0.15, 0.2) is 64.1 Å². The molecule has 31 heavy (non-hydrogen) atoms. The maximum absolute atomic E-state index is 14.6. The number of fused-ring (bicyclic) bond motifs is 1. The second-order valence-electron chi connectivity index (χ2n) is 6.87. The van der Waals surface area contributed by atoms with Gasteiger partial charge in [0, 0.05) is 16.6 Å². The minimum Gasteiger partial charge on any atom is -0.447 e. The molecule has 0 aliphatic heterocycles. The normalized spacial score (nSPS) is 12.1. The fourth-order valence-electron chi connectivity index (χ4n) is 3.44. The van der Waals surface area contributed by atoms with E-state index < -0.39 is 29.3 Å². The summed E-state index contributed by atoms with van der Waals surface area (Å²) in [5.74, 6) is -1.79. The maximum atomic E-state index is 14.6. The van der Waals surface area contributed by atoms with E-state index in [9.17, 15) is 23.5 Å². The van der Waals surface area contributed by atoms with Crippen LogP contribution in [0.5, 0.6) is 0 Å². The Morgan fingerprint density at radius 1 is 1.23 bits per heavy atom. The van der Waals surface area contributed by atoms with E-state index >= 15 is 0 Å². The number of hydrogen-bond donors (Lipinski definition) is 2. The number of amides is 1. The van der Waals surface area contributed by atoms with Crippen LogP contribution in [0.1, 0.15) is 33.7 Å². The van der Waals surface area contributed by atoms with Crippen LogP contribution in [0.2, 0.25) is 0 Å². The number of aliphatic hydroxyl groups is 1. The van der Waals surface area contributed by atoms with Crippen molar-refractivity contribution in [2.45, 2.75) is 19.7 Å². The molecule has 1 amide bonds. The molecule has 4 aromatic rings. The molecule has 0 aliphatic carbocycles. The van der Waals surface area contributed by atoms with E-state index in [1.807, 2.05) is 0 Å². The first-order chi connectivity index (χ1) is 14.9. The van der Waals surface area contributed by atoms with Crippen LogP contribution in [0, 0.1) is 18.6 Å². The molecule has 4 rings (SSSR count). The number of pyridine rings is 1. The summed E-state index contributed by atoms with van der Waals surface area (Å²) < 4.78 is 34.1. The number of aromatic nitrogens is 2. The fraction of sp³-hybridized carbons (Fsp3) is 0.136. The van der Waals surface area contributed by atoms with Crippen LogP contribution in [0.4, 0.5) is 8.78 Å². The number of rotatable bonds is 5. The Bertz CT molecular complexity index is 1320. The van der Waals surface area contributed by atoms with Crippen molar-refractivity contribution in [3.63, 3.8) is 0 Å². The Labute approximate surface area is 174 Å². The number of hydrogen-bond acceptors (Lipinski definition) is 5. The highest BCUT2D eigenvalue weighted by atomic mass is 19.1. The predicted molar refractivity (Wildman–Crippen MR) is 107 cm³/mol. The topological polar surface area (TPSA) is 97.4 Å². The van der Waals surface area contributed by atoms with Crippen molar-refractivity contribution < 1.29 is 23.1 Å². The van der Waals surface area contributed by atoms with Gasteiger partial charge in [-0.05, 0) is 25.1 Å². The van der Waals surface area contributed by atoms with E-state index in [1.54, 1.807) is 0 Å². The molecule has 0 aliphatic rings. The van der Waals surface area contributed by atoms with Gasteiger partial charge < -0.3 is 19.4 Å². The standard InChI is InChI=1S/C22H17F2N3O4/c1-12-18(21(29)26-20(28)13-5-7-14(23)8-6-13)15-3-2-4-16(24)19(15)22(30)27(12)11-17-25-9-10-31-17/h2-10,20,28H,11H2,1H3,(H,26,29)/t20-/m0/s1. The van der Waals surface area contributed by atoms with Gasteiger partial charge in [-0.1, -0.05) is 24.3 Å². The van der Waals surface area contributed by atoms with Gasteiger partial charge in [-0.15, -0.1) is 0 Å². The zero-order valence-electron chi connectivity index (χ0n) is 16.3. The highest BCUT2D eigenvalue weighted by Gasteiger charge is 2.23. The van der Waals surface area contributed by atoms with Crippen LogP contribution < -0.4 is 10.9 Å². The van der Waals surface area contributed by atoms with Crippen molar-refractivity contribution >= 4 is 16.7 Å². The summed E-state index contributed by atoms with van der Waals surface area (Å²) in [6.07, 6.45) is 1.30. The lowest BCUT2D eigenvalue weighted by Gasteiger charge is -2.18. The van der Waals surface area contributed by atoms with Gasteiger partial charge in [0.15, 0.2) is 6.23 Å². The number of halogens is 2. The number of carbonyl (C=O) groups excluding carboxylic acids is 1. The Morgan fingerprint density at radius 2 is 1.97 bits per heavy atom. The molecule has 0 fully saturated rings. The lowest BCUT2D eigenvalue weighted by molar-refractivity contribution is 0.0783. The smallest absolute Gasteiger partial charge is 0.262 e. The van der Waals surface area contributed by atoms with E-state index in [-0.39, 0.29) is 40.0 Å². The summed E-state index contributed by atoms with van der Waals surface area (Å²) in [7, 11) is 0. The second kappa shape index (κ2) is 8.11. The molecule has 2 heterocycles. The Balaban J connectivity index is 1.82. The van der Waals surface area contributed by atoms with Gasteiger partial charge in [-0.2, -0.15) is 0 Å². The van der Waals surface area contributed by atoms with Crippen molar-refractivity contribution in [3.8, 4) is 0 Å². The fourth-order valence-corrected chi connectivity index (χ4v) is 3.44. The van der Waals surface area contributed by atoms with Gasteiger partial charge >= 0.3 is 0 Å². The molecule has 2 aromatic carbocycles. The average molecular weight is 425 g/mol. The predicted octanol–water partition coefficient (Wildman–Crippen LogP) is 3.05. The molecule has 1 atom stereocenters. The first kappa shape index (κ1) is 20.4. The van der Waals surface area contributed by atoms with Crippen molar-refractivity contribution in [1.82, 2.24) is 14.9 Å². The van der Waals surface area contributed by atoms with Crippen LogP contribution in [0.3, 0.4) is 0 Å². The molecule has 7 nitrogen and oxygen atoms in total.